The summed E-state index contributed by atoms with van der Waals surface area (Å²) >= 11 is 0. The van der Waals surface area contributed by atoms with E-state index >= 15 is 0 Å². The molecule has 0 radical (unpaired) electrons. The van der Waals surface area contributed by atoms with Gasteiger partial charge in [0.1, 0.15) is 0 Å². The van der Waals surface area contributed by atoms with Crippen LogP contribution >= 0.6 is 0 Å². The molecule has 2 amide bonds. The van der Waals surface area contributed by atoms with E-state index < -0.39 is 10.0 Å². The topological polar surface area (TPSA) is 129 Å². The van der Waals surface area contributed by atoms with Crippen LogP contribution in [0.1, 0.15) is 32.9 Å². The molecule has 0 unspecified atom stereocenters. The first-order valence-electron chi connectivity index (χ1n) is 12.0. The van der Waals surface area contributed by atoms with Crippen molar-refractivity contribution in [2.75, 3.05) is 38.5 Å². The van der Waals surface area contributed by atoms with E-state index in [9.17, 15) is 18.0 Å². The minimum Gasteiger partial charge on any atom is -0.358 e. The number of carbonyl (C=O) groups excluding carboxylic acids is 2. The number of benzene rings is 2. The molecule has 5 rings (SSSR count). The first-order valence-corrected chi connectivity index (χ1v) is 13.6. The molecule has 3 heterocycles. The summed E-state index contributed by atoms with van der Waals surface area (Å²) in [4.78, 5) is 33.0. The van der Waals surface area contributed by atoms with E-state index in [1.807, 2.05) is 43.0 Å². The second kappa shape index (κ2) is 9.29. The van der Waals surface area contributed by atoms with E-state index in [4.69, 9.17) is 5.14 Å². The zero-order valence-electron chi connectivity index (χ0n) is 21.0. The predicted octanol–water partition coefficient (Wildman–Crippen LogP) is 2.83. The zero-order valence-corrected chi connectivity index (χ0v) is 21.8. The fraction of sp³-hybridized carbons (Fsp3) is 0.259. The maximum atomic E-state index is 12.9. The second-order valence-electron chi connectivity index (χ2n) is 9.60. The number of likely N-dealkylation sites (N-methyl/N-ethyl adjacent to an activating group) is 1. The summed E-state index contributed by atoms with van der Waals surface area (Å²) in [5.41, 5.74) is 6.56. The van der Waals surface area contributed by atoms with E-state index in [-0.39, 0.29) is 16.7 Å². The molecule has 0 atom stereocenters. The Morgan fingerprint density at radius 2 is 1.70 bits per heavy atom. The molecular formula is C27H29N5O4S. The van der Waals surface area contributed by atoms with Gasteiger partial charge in [-0.15, -0.1) is 0 Å². The number of primary sulfonamides is 1. The van der Waals surface area contributed by atoms with Crippen LogP contribution in [-0.4, -0.2) is 68.2 Å². The number of nitrogens with one attached hydrogen (secondary N) is 2. The monoisotopic (exact) mass is 519 g/mol. The number of carbonyl (C=O) groups is 2. The highest BCUT2D eigenvalue weighted by atomic mass is 32.2. The lowest BCUT2D eigenvalue weighted by molar-refractivity contribution is -0.110. The second-order valence-corrected chi connectivity index (χ2v) is 11.2. The first kappa shape index (κ1) is 24.9. The number of rotatable bonds is 4. The van der Waals surface area contributed by atoms with Crippen molar-refractivity contribution in [2.45, 2.75) is 18.7 Å². The van der Waals surface area contributed by atoms with Gasteiger partial charge < -0.3 is 20.1 Å². The highest BCUT2D eigenvalue weighted by molar-refractivity contribution is 7.89. The molecule has 0 aliphatic carbocycles. The van der Waals surface area contributed by atoms with Crippen LogP contribution in [0.2, 0.25) is 0 Å². The normalized spacial score (nSPS) is 17.2. The Morgan fingerprint density at radius 3 is 2.35 bits per heavy atom. The zero-order chi connectivity index (χ0) is 26.5. The van der Waals surface area contributed by atoms with Gasteiger partial charge in [-0.3, -0.25) is 9.59 Å². The van der Waals surface area contributed by atoms with Gasteiger partial charge in [0.05, 0.1) is 10.5 Å². The molecule has 2 aliphatic rings. The standard InChI is InChI=1S/C27H29N5O4S/c1-16-24(15-22-21-14-20(37(28,35)36)8-9-23(21)30-26(22)33)29-17(2)25(16)18-4-6-19(7-5-18)27(34)32-12-10-31(3)11-13-32/h4-9,14-15,29H,10-13H2,1-3H3,(H,30,33)(H2,28,35,36). The molecule has 0 bridgehead atoms. The number of aromatic amines is 1. The predicted molar refractivity (Wildman–Crippen MR) is 143 cm³/mol. The van der Waals surface area contributed by atoms with Gasteiger partial charge in [0.25, 0.3) is 11.8 Å². The molecule has 0 saturated carbocycles. The number of amides is 2. The van der Waals surface area contributed by atoms with Crippen molar-refractivity contribution in [2.24, 2.45) is 5.14 Å². The van der Waals surface area contributed by atoms with E-state index in [0.29, 0.717) is 22.4 Å². The molecule has 37 heavy (non-hydrogen) atoms. The lowest BCUT2D eigenvalue weighted by Crippen LogP contribution is -2.47. The Kier molecular flexibility index (Phi) is 6.26. The summed E-state index contributed by atoms with van der Waals surface area (Å²) in [5, 5.41) is 8.06. The Hall–Kier alpha value is -3.73. The van der Waals surface area contributed by atoms with Crippen molar-refractivity contribution in [3.63, 3.8) is 0 Å². The van der Waals surface area contributed by atoms with Crippen LogP contribution < -0.4 is 10.5 Å². The van der Waals surface area contributed by atoms with Crippen molar-refractivity contribution in [3.05, 3.63) is 70.5 Å². The average Bonchev–Trinajstić information content (AvgIpc) is 3.32. The summed E-state index contributed by atoms with van der Waals surface area (Å²) in [7, 11) is -1.85. The van der Waals surface area contributed by atoms with Crippen LogP contribution in [0.25, 0.3) is 22.8 Å². The number of hydrogen-bond acceptors (Lipinski definition) is 5. The van der Waals surface area contributed by atoms with Gasteiger partial charge in [0.15, 0.2) is 0 Å². The van der Waals surface area contributed by atoms with Crippen molar-refractivity contribution in [3.8, 4) is 11.1 Å². The maximum Gasteiger partial charge on any atom is 0.256 e. The summed E-state index contributed by atoms with van der Waals surface area (Å²) < 4.78 is 23.7. The lowest BCUT2D eigenvalue weighted by Gasteiger charge is -2.32. The average molecular weight is 520 g/mol. The molecule has 192 valence electrons. The van der Waals surface area contributed by atoms with Gasteiger partial charge in [-0.1, -0.05) is 12.1 Å². The number of fused-ring (bicyclic) bond motifs is 1. The molecule has 10 heteroatoms. The molecule has 0 spiro atoms. The Bertz CT molecular complexity index is 1550. The van der Waals surface area contributed by atoms with E-state index in [2.05, 4.69) is 22.2 Å². The largest absolute Gasteiger partial charge is 0.358 e. The lowest BCUT2D eigenvalue weighted by atomic mass is 9.98. The smallest absolute Gasteiger partial charge is 0.256 e. The fourth-order valence-corrected chi connectivity index (χ4v) is 5.49. The molecule has 1 fully saturated rings. The Balaban J connectivity index is 1.45. The molecule has 4 N–H and O–H groups in total. The first-order chi connectivity index (χ1) is 17.5. The fourth-order valence-electron chi connectivity index (χ4n) is 4.95. The number of aromatic nitrogens is 1. The third-order valence-electron chi connectivity index (χ3n) is 7.08. The van der Waals surface area contributed by atoms with Crippen molar-refractivity contribution in [1.82, 2.24) is 14.8 Å². The van der Waals surface area contributed by atoms with E-state index in [0.717, 1.165) is 54.3 Å². The van der Waals surface area contributed by atoms with Crippen molar-refractivity contribution in [1.29, 1.82) is 0 Å². The van der Waals surface area contributed by atoms with Crippen molar-refractivity contribution >= 4 is 39.2 Å². The third kappa shape index (κ3) is 4.71. The quantitative estimate of drug-likeness (QED) is 0.457. The number of nitrogens with two attached hydrogens (primary N) is 1. The maximum absolute atomic E-state index is 12.9. The molecular weight excluding hydrogens is 490 g/mol. The summed E-state index contributed by atoms with van der Waals surface area (Å²) in [5.74, 6) is -0.279. The third-order valence-corrected chi connectivity index (χ3v) is 7.99. The molecule has 1 saturated heterocycles. The highest BCUT2D eigenvalue weighted by Crippen LogP contribution is 2.37. The molecule has 3 aromatic rings. The molecule has 1 aromatic heterocycles. The van der Waals surface area contributed by atoms with Crippen LogP contribution in [0.4, 0.5) is 5.69 Å². The van der Waals surface area contributed by atoms with Crippen LogP contribution in [0.15, 0.2) is 47.4 Å². The van der Waals surface area contributed by atoms with Crippen LogP contribution in [0, 0.1) is 13.8 Å². The molecule has 2 aromatic carbocycles. The molecule has 2 aliphatic heterocycles. The Labute approximate surface area is 216 Å². The van der Waals surface area contributed by atoms with Gasteiger partial charge in [-0.2, -0.15) is 0 Å². The number of piperazine rings is 1. The summed E-state index contributed by atoms with van der Waals surface area (Å²) in [6.07, 6.45) is 1.73. The number of anilines is 1. The van der Waals surface area contributed by atoms with Gasteiger partial charge in [0, 0.05) is 59.9 Å². The minimum atomic E-state index is -3.91. The van der Waals surface area contributed by atoms with E-state index in [1.165, 1.54) is 18.2 Å². The molecule has 9 nitrogen and oxygen atoms in total. The number of sulfonamides is 1. The van der Waals surface area contributed by atoms with Gasteiger partial charge in [0.2, 0.25) is 10.0 Å². The highest BCUT2D eigenvalue weighted by Gasteiger charge is 2.27. The summed E-state index contributed by atoms with van der Waals surface area (Å²) in [6, 6.07) is 11.9. The van der Waals surface area contributed by atoms with Crippen LogP contribution in [-0.2, 0) is 14.8 Å². The van der Waals surface area contributed by atoms with Crippen LogP contribution in [0.3, 0.4) is 0 Å². The van der Waals surface area contributed by atoms with E-state index in [1.54, 1.807) is 6.08 Å². The SMILES string of the molecule is Cc1[nH]c(C=C2C(=O)Nc3ccc(S(N)(=O)=O)cc32)c(C)c1-c1ccc(C(=O)N2CCN(C)CC2)cc1. The number of aryl methyl sites for hydroxylation is 1. The van der Waals surface area contributed by atoms with Gasteiger partial charge in [-0.25, -0.2) is 13.6 Å². The number of H-pyrrole nitrogens is 1. The Morgan fingerprint density at radius 1 is 1.03 bits per heavy atom. The summed E-state index contributed by atoms with van der Waals surface area (Å²) in [6.45, 7) is 7.10. The van der Waals surface area contributed by atoms with Gasteiger partial charge in [-0.05, 0) is 68.4 Å². The van der Waals surface area contributed by atoms with Crippen LogP contribution in [0.5, 0.6) is 0 Å². The van der Waals surface area contributed by atoms with Crippen molar-refractivity contribution < 1.29 is 18.0 Å². The minimum absolute atomic E-state index is 0.0392. The van der Waals surface area contributed by atoms with Gasteiger partial charge >= 0.3 is 0 Å². The number of hydrogen-bond donors (Lipinski definition) is 3. The number of nitrogens with zero attached hydrogens (tertiary/aromatic N) is 2.